The van der Waals surface area contributed by atoms with Crippen LogP contribution < -0.4 is 19.4 Å². The number of rotatable bonds is 19. The molecule has 53 heavy (non-hydrogen) atoms. The number of carbonyl (C=O) groups is 4. The van der Waals surface area contributed by atoms with E-state index in [0.29, 0.717) is 41.2 Å². The van der Waals surface area contributed by atoms with Gasteiger partial charge in [-0.15, -0.1) is 0 Å². The third-order valence-electron chi connectivity index (χ3n) is 10.0. The molecule has 2 unspecified atom stereocenters. The predicted octanol–water partition coefficient (Wildman–Crippen LogP) is 5.47. The molecular formula is C40H48ClN7O5. The van der Waals surface area contributed by atoms with E-state index >= 15 is 0 Å². The number of nitriles is 1. The average Bonchev–Trinajstić information content (AvgIpc) is 3.42. The molecule has 1 aromatic heterocycles. The van der Waals surface area contributed by atoms with E-state index in [0.717, 1.165) is 87.0 Å². The summed E-state index contributed by atoms with van der Waals surface area (Å²) >= 11 is 6.28. The van der Waals surface area contributed by atoms with Crippen LogP contribution in [0.15, 0.2) is 54.7 Å². The van der Waals surface area contributed by atoms with Gasteiger partial charge in [-0.05, 0) is 95.6 Å². The van der Waals surface area contributed by atoms with E-state index in [9.17, 15) is 24.4 Å². The Bertz CT molecular complexity index is 1800. The summed E-state index contributed by atoms with van der Waals surface area (Å²) in [5, 5.41) is 9.66. The zero-order valence-corrected chi connectivity index (χ0v) is 31.5. The monoisotopic (exact) mass is 741 g/mol. The number of nitrogens with zero attached hydrogens (tertiary/aromatic N) is 7. The molecule has 3 heterocycles. The lowest BCUT2D eigenvalue weighted by molar-refractivity contribution is -0.112. The van der Waals surface area contributed by atoms with Crippen molar-refractivity contribution in [3.05, 3.63) is 76.4 Å². The second-order valence-corrected chi connectivity index (χ2v) is 14.0. The van der Waals surface area contributed by atoms with E-state index in [1.807, 2.05) is 30.5 Å². The molecule has 2 aliphatic rings. The Kier molecular flexibility index (Phi) is 13.8. The highest BCUT2D eigenvalue weighted by molar-refractivity contribution is 6.32. The summed E-state index contributed by atoms with van der Waals surface area (Å²) in [7, 11) is 2.10. The third kappa shape index (κ3) is 9.52. The van der Waals surface area contributed by atoms with E-state index in [4.69, 9.17) is 16.3 Å². The van der Waals surface area contributed by atoms with Crippen LogP contribution in [0.3, 0.4) is 0 Å². The SMILES string of the molecule is CCN(CCN(C)CCCCCOc1ccc(N2CCN(c3ccc(C#N)c(Cl)c3)C(C)C2)cn1)c1ccc2c(c1)C(=O)N(C(C=O)CCC=O)C2=O. The fourth-order valence-corrected chi connectivity index (χ4v) is 7.16. The van der Waals surface area contributed by atoms with Gasteiger partial charge >= 0.3 is 0 Å². The van der Waals surface area contributed by atoms with Gasteiger partial charge in [0.25, 0.3) is 11.8 Å². The number of carbonyl (C=O) groups excluding carboxylic acids is 4. The summed E-state index contributed by atoms with van der Waals surface area (Å²) in [4.78, 5) is 63.1. The fraction of sp³-hybridized carbons (Fsp3) is 0.450. The number of anilines is 3. The lowest BCUT2D eigenvalue weighted by Crippen LogP contribution is -2.52. The number of imide groups is 1. The van der Waals surface area contributed by atoms with Gasteiger partial charge < -0.3 is 33.9 Å². The van der Waals surface area contributed by atoms with Crippen molar-refractivity contribution in [1.29, 1.82) is 5.26 Å². The number of amides is 2. The van der Waals surface area contributed by atoms with Crippen LogP contribution in [0.2, 0.25) is 5.02 Å². The molecule has 280 valence electrons. The molecule has 0 bridgehead atoms. The van der Waals surface area contributed by atoms with Crippen LogP contribution in [0.25, 0.3) is 0 Å². The molecule has 2 aromatic carbocycles. The van der Waals surface area contributed by atoms with Crippen LogP contribution in [0, 0.1) is 11.3 Å². The second kappa shape index (κ2) is 18.7. The molecule has 2 aliphatic heterocycles. The van der Waals surface area contributed by atoms with Crippen LogP contribution >= 0.6 is 11.6 Å². The molecule has 13 heteroatoms. The quantitative estimate of drug-likeness (QED) is 0.0881. The van der Waals surface area contributed by atoms with Gasteiger partial charge in [0.15, 0.2) is 0 Å². The Morgan fingerprint density at radius 3 is 2.47 bits per heavy atom. The van der Waals surface area contributed by atoms with Crippen molar-refractivity contribution in [3.63, 3.8) is 0 Å². The smallest absolute Gasteiger partial charge is 0.262 e. The summed E-state index contributed by atoms with van der Waals surface area (Å²) in [6.07, 6.45) is 6.32. The lowest BCUT2D eigenvalue weighted by Gasteiger charge is -2.42. The Hall–Kier alpha value is -4.99. The summed E-state index contributed by atoms with van der Waals surface area (Å²) < 4.78 is 5.94. The molecule has 0 saturated carbocycles. The topological polar surface area (TPSA) is 130 Å². The maximum absolute atomic E-state index is 13.1. The second-order valence-electron chi connectivity index (χ2n) is 13.6. The molecule has 0 radical (unpaired) electrons. The first kappa shape index (κ1) is 39.2. The molecule has 0 aliphatic carbocycles. The average molecular weight is 742 g/mol. The first-order valence-corrected chi connectivity index (χ1v) is 18.7. The van der Waals surface area contributed by atoms with Crippen LogP contribution in [0.1, 0.15) is 72.2 Å². The molecule has 1 saturated heterocycles. The van der Waals surface area contributed by atoms with Gasteiger partial charge in [0.05, 0.1) is 46.2 Å². The number of fused-ring (bicyclic) bond motifs is 1. The van der Waals surface area contributed by atoms with E-state index in [2.05, 4.69) is 57.6 Å². The number of aromatic nitrogens is 1. The van der Waals surface area contributed by atoms with Crippen molar-refractivity contribution < 1.29 is 23.9 Å². The van der Waals surface area contributed by atoms with Crippen molar-refractivity contribution in [2.24, 2.45) is 0 Å². The van der Waals surface area contributed by atoms with E-state index in [1.54, 1.807) is 18.2 Å². The predicted molar refractivity (Wildman–Crippen MR) is 206 cm³/mol. The van der Waals surface area contributed by atoms with Gasteiger partial charge in [0, 0.05) is 69.2 Å². The molecular weight excluding hydrogens is 694 g/mol. The number of ether oxygens (including phenoxy) is 1. The summed E-state index contributed by atoms with van der Waals surface area (Å²) in [5.41, 5.74) is 4.00. The van der Waals surface area contributed by atoms with Crippen LogP contribution in [-0.2, 0) is 9.59 Å². The summed E-state index contributed by atoms with van der Waals surface area (Å²) in [6, 6.07) is 16.3. The number of hydrogen-bond donors (Lipinski definition) is 0. The molecule has 12 nitrogen and oxygen atoms in total. The minimum absolute atomic E-state index is 0.0970. The van der Waals surface area contributed by atoms with Crippen LogP contribution in [0.5, 0.6) is 5.88 Å². The van der Waals surface area contributed by atoms with Crippen molar-refractivity contribution in [2.75, 3.05) is 74.2 Å². The first-order chi connectivity index (χ1) is 25.7. The van der Waals surface area contributed by atoms with Crippen molar-refractivity contribution in [2.45, 2.75) is 58.0 Å². The fourth-order valence-electron chi connectivity index (χ4n) is 6.95. The molecule has 1 fully saturated rings. The van der Waals surface area contributed by atoms with Crippen molar-refractivity contribution in [3.8, 4) is 11.9 Å². The number of unbranched alkanes of at least 4 members (excludes halogenated alkanes) is 2. The highest BCUT2D eigenvalue weighted by Crippen LogP contribution is 2.30. The van der Waals surface area contributed by atoms with Crippen molar-refractivity contribution >= 4 is 53.0 Å². The summed E-state index contributed by atoms with van der Waals surface area (Å²) in [6.45, 7) is 10.6. The van der Waals surface area contributed by atoms with Gasteiger partial charge in [-0.1, -0.05) is 11.6 Å². The molecule has 2 atom stereocenters. The zero-order chi connectivity index (χ0) is 37.9. The highest BCUT2D eigenvalue weighted by atomic mass is 35.5. The van der Waals surface area contributed by atoms with Gasteiger partial charge in [-0.3, -0.25) is 14.5 Å². The zero-order valence-electron chi connectivity index (χ0n) is 30.7. The maximum Gasteiger partial charge on any atom is 0.262 e. The Balaban J connectivity index is 0.995. The van der Waals surface area contributed by atoms with E-state index in [-0.39, 0.29) is 24.4 Å². The van der Waals surface area contributed by atoms with Gasteiger partial charge in [0.2, 0.25) is 5.88 Å². The van der Waals surface area contributed by atoms with Crippen LogP contribution in [-0.4, -0.2) is 111 Å². The van der Waals surface area contributed by atoms with Gasteiger partial charge in [-0.2, -0.15) is 5.26 Å². The molecule has 2 amide bonds. The van der Waals surface area contributed by atoms with E-state index in [1.165, 1.54) is 0 Å². The normalized spacial score (nSPS) is 16.1. The minimum Gasteiger partial charge on any atom is -0.478 e. The lowest BCUT2D eigenvalue weighted by atomic mass is 10.1. The largest absolute Gasteiger partial charge is 0.478 e. The Morgan fingerprint density at radius 1 is 1.00 bits per heavy atom. The summed E-state index contributed by atoms with van der Waals surface area (Å²) in [5.74, 6) is -0.365. The Morgan fingerprint density at radius 2 is 1.79 bits per heavy atom. The standard InChI is InChI=1S/C40H48ClN7O5/c1-4-45(31-12-14-35-36(23-31)40(52)48(39(35)51)34(28-50)9-8-21-49)18-17-44(3)16-6-5-7-22-53-38-15-13-33(26-43-38)46-19-20-47(29(2)27-46)32-11-10-30(25-42)37(41)24-32/h10-15,21,23-24,26,28-29,34H,4-9,16-20,22,27H2,1-3H3. The first-order valence-electron chi connectivity index (χ1n) is 18.3. The molecule has 3 aromatic rings. The number of benzene rings is 2. The number of aldehydes is 2. The maximum atomic E-state index is 13.1. The Labute approximate surface area is 316 Å². The van der Waals surface area contributed by atoms with Gasteiger partial charge in [-0.25, -0.2) is 4.98 Å². The molecule has 0 spiro atoms. The number of pyridine rings is 1. The minimum atomic E-state index is -0.950. The van der Waals surface area contributed by atoms with Crippen LogP contribution in [0.4, 0.5) is 17.1 Å². The molecule has 0 N–H and O–H groups in total. The number of halogens is 1. The molecule has 5 rings (SSSR count). The number of hydrogen-bond acceptors (Lipinski definition) is 11. The number of piperazine rings is 1. The highest BCUT2D eigenvalue weighted by Gasteiger charge is 2.40. The van der Waals surface area contributed by atoms with E-state index < -0.39 is 17.9 Å². The van der Waals surface area contributed by atoms with Crippen molar-refractivity contribution in [1.82, 2.24) is 14.8 Å². The number of likely N-dealkylation sites (N-methyl/N-ethyl adjacent to an activating group) is 2. The van der Waals surface area contributed by atoms with Gasteiger partial charge in [0.1, 0.15) is 18.6 Å². The third-order valence-corrected chi connectivity index (χ3v) is 10.3.